The number of carbonyl (C=O) groups excluding carboxylic acids is 2. The van der Waals surface area contributed by atoms with Gasteiger partial charge in [0.05, 0.1) is 4.91 Å². The van der Waals surface area contributed by atoms with E-state index in [1.807, 2.05) is 18.2 Å². The smallest absolute Gasteiger partial charge is 0.266 e. The second-order valence-corrected chi connectivity index (χ2v) is 9.94. The minimum atomic E-state index is -0.150. The fourth-order valence-electron chi connectivity index (χ4n) is 3.16. The van der Waals surface area contributed by atoms with Gasteiger partial charge in [0, 0.05) is 19.4 Å². The molecule has 168 valence electrons. The molecule has 0 aliphatic carbocycles. The molecule has 1 fully saturated rings. The minimum absolute atomic E-state index is 0.149. The van der Waals surface area contributed by atoms with Crippen molar-refractivity contribution in [3.05, 3.63) is 33.7 Å². The Morgan fingerprint density at radius 2 is 2.12 bits per heavy atom. The molecule has 1 N–H and O–H groups in total. The summed E-state index contributed by atoms with van der Waals surface area (Å²) >= 11 is 8.04. The summed E-state index contributed by atoms with van der Waals surface area (Å²) in [6.07, 6.45) is 5.57. The number of carbonyl (C=O) groups is 2. The maximum atomic E-state index is 12.8. The number of aromatic nitrogens is 2. The molecule has 0 atom stereocenters. The number of unbranched alkanes of at least 4 members (excludes halogenated alkanes) is 1. The van der Waals surface area contributed by atoms with Crippen molar-refractivity contribution in [1.82, 2.24) is 15.1 Å². The first-order valence-corrected chi connectivity index (χ1v) is 12.3. The Balaban J connectivity index is 1.27. The highest BCUT2D eigenvalue weighted by Crippen LogP contribution is 2.36. The van der Waals surface area contributed by atoms with E-state index in [0.717, 1.165) is 29.8 Å². The van der Waals surface area contributed by atoms with Crippen molar-refractivity contribution < 1.29 is 19.1 Å². The van der Waals surface area contributed by atoms with Crippen LogP contribution in [0.2, 0.25) is 0 Å². The molecule has 2 aliphatic heterocycles. The van der Waals surface area contributed by atoms with E-state index in [-0.39, 0.29) is 25.0 Å². The third-order valence-corrected chi connectivity index (χ3v) is 7.09. The lowest BCUT2D eigenvalue weighted by molar-refractivity contribution is -0.122. The molecule has 2 aromatic rings. The molecule has 11 heteroatoms. The summed E-state index contributed by atoms with van der Waals surface area (Å²) in [6.45, 7) is 2.71. The van der Waals surface area contributed by atoms with Crippen LogP contribution in [0, 0.1) is 0 Å². The summed E-state index contributed by atoms with van der Waals surface area (Å²) in [7, 11) is 0. The molecule has 3 heterocycles. The van der Waals surface area contributed by atoms with Crippen LogP contribution in [-0.4, -0.2) is 44.6 Å². The van der Waals surface area contributed by atoms with E-state index in [1.54, 1.807) is 11.0 Å². The quantitative estimate of drug-likeness (QED) is 0.412. The Labute approximate surface area is 199 Å². The number of nitrogens with zero attached hydrogens (tertiary/aromatic N) is 3. The van der Waals surface area contributed by atoms with Gasteiger partial charge in [-0.2, -0.15) is 0 Å². The van der Waals surface area contributed by atoms with E-state index in [2.05, 4.69) is 22.4 Å². The summed E-state index contributed by atoms with van der Waals surface area (Å²) in [5, 5.41) is 12.3. The van der Waals surface area contributed by atoms with Crippen LogP contribution >= 0.6 is 35.3 Å². The van der Waals surface area contributed by atoms with Gasteiger partial charge in [-0.1, -0.05) is 54.7 Å². The third-order valence-electron chi connectivity index (χ3n) is 4.81. The van der Waals surface area contributed by atoms with Crippen molar-refractivity contribution in [3.8, 4) is 11.5 Å². The van der Waals surface area contributed by atoms with Crippen molar-refractivity contribution in [2.45, 2.75) is 39.0 Å². The molecule has 1 saturated heterocycles. The molecule has 0 saturated carbocycles. The van der Waals surface area contributed by atoms with E-state index in [1.165, 1.54) is 23.1 Å². The number of thiocarbonyl (C=S) groups is 1. The van der Waals surface area contributed by atoms with Gasteiger partial charge in [-0.3, -0.25) is 14.5 Å². The molecule has 0 unspecified atom stereocenters. The standard InChI is InChI=1S/C21H22N4O4S3/c1-2-3-6-18-23-24-20(32-18)22-17(26)5-4-9-25-19(27)16(31-21(25)30)11-13-7-8-14-15(10-13)29-12-28-14/h7-8,10-11H,2-6,9,12H2,1H3,(H,22,24,26)/b16-11-. The molecule has 1 aromatic carbocycles. The lowest BCUT2D eigenvalue weighted by atomic mass is 10.2. The van der Waals surface area contributed by atoms with Gasteiger partial charge in [0.2, 0.25) is 17.8 Å². The third kappa shape index (κ3) is 5.45. The number of aryl methyl sites for hydroxylation is 1. The van der Waals surface area contributed by atoms with Crippen LogP contribution in [0.3, 0.4) is 0 Å². The zero-order valence-electron chi connectivity index (χ0n) is 17.5. The number of rotatable bonds is 9. The summed E-state index contributed by atoms with van der Waals surface area (Å²) in [4.78, 5) is 27.1. The van der Waals surface area contributed by atoms with Gasteiger partial charge in [0.1, 0.15) is 9.33 Å². The second-order valence-electron chi connectivity index (χ2n) is 7.20. The van der Waals surface area contributed by atoms with Crippen LogP contribution < -0.4 is 14.8 Å². The highest BCUT2D eigenvalue weighted by molar-refractivity contribution is 8.26. The highest BCUT2D eigenvalue weighted by Gasteiger charge is 2.31. The highest BCUT2D eigenvalue weighted by atomic mass is 32.2. The number of ether oxygens (including phenoxy) is 2. The van der Waals surface area contributed by atoms with Crippen molar-refractivity contribution >= 4 is 62.7 Å². The molecule has 0 bridgehead atoms. The summed E-state index contributed by atoms with van der Waals surface area (Å²) in [5.74, 6) is 1.05. The summed E-state index contributed by atoms with van der Waals surface area (Å²) in [5.41, 5.74) is 0.837. The fraction of sp³-hybridized carbons (Fsp3) is 0.381. The monoisotopic (exact) mass is 490 g/mol. The van der Waals surface area contributed by atoms with Crippen LogP contribution in [-0.2, 0) is 16.0 Å². The van der Waals surface area contributed by atoms with Crippen LogP contribution in [0.5, 0.6) is 11.5 Å². The Bertz CT molecular complexity index is 1070. The van der Waals surface area contributed by atoms with Crippen LogP contribution in [0.1, 0.15) is 43.2 Å². The maximum absolute atomic E-state index is 12.8. The lowest BCUT2D eigenvalue weighted by Gasteiger charge is -2.13. The summed E-state index contributed by atoms with van der Waals surface area (Å²) < 4.78 is 11.2. The number of hydrogen-bond acceptors (Lipinski definition) is 9. The van der Waals surface area contributed by atoms with Gasteiger partial charge in [-0.15, -0.1) is 10.2 Å². The SMILES string of the molecule is CCCCc1nnc(NC(=O)CCCN2C(=O)/C(=C/c3ccc4c(c3)OCO4)SC2=S)s1. The predicted molar refractivity (Wildman–Crippen MR) is 129 cm³/mol. The average Bonchev–Trinajstić information content (AvgIpc) is 3.48. The first kappa shape index (κ1) is 22.7. The van der Waals surface area contributed by atoms with Crippen molar-refractivity contribution in [2.75, 3.05) is 18.7 Å². The number of thioether (sulfide) groups is 1. The first-order valence-electron chi connectivity index (χ1n) is 10.3. The van der Waals surface area contributed by atoms with E-state index >= 15 is 0 Å². The number of hydrogen-bond donors (Lipinski definition) is 1. The number of fused-ring (bicyclic) bond motifs is 1. The molecule has 0 radical (unpaired) electrons. The largest absolute Gasteiger partial charge is 0.454 e. The maximum Gasteiger partial charge on any atom is 0.266 e. The molecular formula is C21H22N4O4S3. The number of nitrogens with one attached hydrogen (secondary N) is 1. The Kier molecular flexibility index (Phi) is 7.38. The van der Waals surface area contributed by atoms with Crippen LogP contribution in [0.15, 0.2) is 23.1 Å². The molecule has 0 spiro atoms. The number of anilines is 1. The van der Waals surface area contributed by atoms with Crippen LogP contribution in [0.4, 0.5) is 5.13 Å². The molecule has 2 amide bonds. The zero-order valence-corrected chi connectivity index (χ0v) is 19.9. The normalized spacial score (nSPS) is 16.3. The Hall–Kier alpha value is -2.50. The van der Waals surface area contributed by atoms with Gasteiger partial charge >= 0.3 is 0 Å². The van der Waals surface area contributed by atoms with Gasteiger partial charge in [-0.25, -0.2) is 0 Å². The average molecular weight is 491 g/mol. The number of amides is 2. The van der Waals surface area contributed by atoms with E-state index in [9.17, 15) is 9.59 Å². The van der Waals surface area contributed by atoms with E-state index < -0.39 is 0 Å². The molecule has 2 aliphatic rings. The molecule has 1 aromatic heterocycles. The Morgan fingerprint density at radius 3 is 2.97 bits per heavy atom. The lowest BCUT2D eigenvalue weighted by Crippen LogP contribution is -2.29. The van der Waals surface area contributed by atoms with Crippen LogP contribution in [0.25, 0.3) is 6.08 Å². The van der Waals surface area contributed by atoms with Crippen molar-refractivity contribution in [3.63, 3.8) is 0 Å². The van der Waals surface area contributed by atoms with Crippen molar-refractivity contribution in [2.24, 2.45) is 0 Å². The predicted octanol–water partition coefficient (Wildman–Crippen LogP) is 4.23. The van der Waals surface area contributed by atoms with Crippen molar-refractivity contribution in [1.29, 1.82) is 0 Å². The van der Waals surface area contributed by atoms with E-state index in [0.29, 0.717) is 38.8 Å². The van der Waals surface area contributed by atoms with Gasteiger partial charge in [0.25, 0.3) is 5.91 Å². The van der Waals surface area contributed by atoms with Gasteiger partial charge in [-0.05, 0) is 36.6 Å². The zero-order chi connectivity index (χ0) is 22.5. The fourth-order valence-corrected chi connectivity index (χ4v) is 5.27. The van der Waals surface area contributed by atoms with Gasteiger partial charge < -0.3 is 14.8 Å². The molecule has 32 heavy (non-hydrogen) atoms. The van der Waals surface area contributed by atoms with Gasteiger partial charge in [0.15, 0.2) is 11.5 Å². The molecule has 4 rings (SSSR count). The topological polar surface area (TPSA) is 93.7 Å². The second kappa shape index (κ2) is 10.4. The number of benzene rings is 1. The Morgan fingerprint density at radius 1 is 1.28 bits per heavy atom. The van der Waals surface area contributed by atoms with E-state index in [4.69, 9.17) is 21.7 Å². The minimum Gasteiger partial charge on any atom is -0.454 e. The molecule has 8 nitrogen and oxygen atoms in total. The first-order chi connectivity index (χ1) is 15.5. The molecular weight excluding hydrogens is 468 g/mol. The summed E-state index contributed by atoms with van der Waals surface area (Å²) in [6, 6.07) is 5.52.